The average molecular weight is 703 g/mol. The lowest BCUT2D eigenvalue weighted by atomic mass is 9.97. The number of benzene rings is 6. The van der Waals surface area contributed by atoms with E-state index in [2.05, 4.69) is 108 Å². The quantitative estimate of drug-likeness (QED) is 0.162. The second kappa shape index (κ2) is 12.2. The molecule has 4 nitrogen and oxygen atoms in total. The Balaban J connectivity index is 1.28. The maximum atomic E-state index is 5.16. The first kappa shape index (κ1) is 30.6. The first-order valence-electron chi connectivity index (χ1n) is 17.3. The minimum Gasteiger partial charge on any atom is -0.278 e. The van der Waals surface area contributed by atoms with E-state index in [9.17, 15) is 0 Å². The van der Waals surface area contributed by atoms with Gasteiger partial charge in [-0.25, -0.2) is 4.98 Å². The van der Waals surface area contributed by atoms with Gasteiger partial charge in [-0.15, -0.1) is 22.7 Å². The summed E-state index contributed by atoms with van der Waals surface area (Å²) < 4.78 is 7.36. The number of rotatable bonds is 6. The van der Waals surface area contributed by atoms with Crippen LogP contribution >= 0.6 is 22.7 Å². The van der Waals surface area contributed by atoms with E-state index in [-0.39, 0.29) is 0 Å². The zero-order valence-corrected chi connectivity index (χ0v) is 29.9. The number of nitrogens with zero attached hydrogens (tertiary/aromatic N) is 4. The Morgan fingerprint density at radius 1 is 0.615 bits per heavy atom. The first-order chi connectivity index (χ1) is 25.7. The minimum absolute atomic E-state index is 0.567. The summed E-state index contributed by atoms with van der Waals surface area (Å²) in [5, 5.41) is 7.44. The molecule has 0 aliphatic heterocycles. The van der Waals surface area contributed by atoms with Crippen LogP contribution in [0.15, 0.2) is 158 Å². The van der Waals surface area contributed by atoms with Crippen LogP contribution < -0.4 is 0 Å². The van der Waals surface area contributed by atoms with E-state index in [0.29, 0.717) is 17.6 Å². The van der Waals surface area contributed by atoms with Crippen molar-refractivity contribution in [1.82, 2.24) is 19.5 Å². The Morgan fingerprint density at radius 2 is 1.37 bits per heavy atom. The number of allylic oxidation sites excluding steroid dienone is 5. The van der Waals surface area contributed by atoms with Gasteiger partial charge in [-0.05, 0) is 42.8 Å². The lowest BCUT2D eigenvalue weighted by Crippen LogP contribution is -2.07. The number of hydrogen-bond donors (Lipinski definition) is 0. The number of para-hydroxylation sites is 1. The predicted molar refractivity (Wildman–Crippen MR) is 224 cm³/mol. The predicted octanol–water partition coefficient (Wildman–Crippen LogP) is 13.2. The normalized spacial score (nSPS) is 12.4. The number of aromatic nitrogens is 4. The summed E-state index contributed by atoms with van der Waals surface area (Å²) >= 11 is 3.73. The van der Waals surface area contributed by atoms with E-state index in [1.807, 2.05) is 78.2 Å². The summed E-state index contributed by atoms with van der Waals surface area (Å²) in [6.45, 7) is 6.09. The highest BCUT2D eigenvalue weighted by Gasteiger charge is 2.21. The maximum absolute atomic E-state index is 5.16. The molecule has 246 valence electrons. The molecule has 0 unspecified atom stereocenters. The average Bonchev–Trinajstić information content (AvgIpc) is 3.87. The number of thiophene rings is 2. The molecule has 0 saturated carbocycles. The number of fused-ring (bicyclic) bond motifs is 9. The molecule has 0 radical (unpaired) electrons. The molecule has 4 heterocycles. The topological polar surface area (TPSA) is 43.6 Å². The van der Waals surface area contributed by atoms with Crippen LogP contribution in [0.25, 0.3) is 96.2 Å². The Morgan fingerprint density at radius 3 is 2.23 bits per heavy atom. The third-order valence-electron chi connectivity index (χ3n) is 9.79. The molecule has 6 heteroatoms. The minimum atomic E-state index is 0.567. The maximum Gasteiger partial charge on any atom is 0.238 e. The van der Waals surface area contributed by atoms with Crippen molar-refractivity contribution >= 4 is 90.4 Å². The molecule has 0 fully saturated rings. The van der Waals surface area contributed by atoms with Gasteiger partial charge in [-0.1, -0.05) is 128 Å². The van der Waals surface area contributed by atoms with Crippen LogP contribution in [0.4, 0.5) is 0 Å². The fourth-order valence-corrected chi connectivity index (χ4v) is 9.81. The highest BCUT2D eigenvalue weighted by atomic mass is 32.1. The van der Waals surface area contributed by atoms with Gasteiger partial charge in [-0.2, -0.15) is 9.97 Å². The zero-order chi connectivity index (χ0) is 34.8. The van der Waals surface area contributed by atoms with E-state index < -0.39 is 0 Å². The van der Waals surface area contributed by atoms with Crippen LogP contribution in [-0.2, 0) is 0 Å². The zero-order valence-electron chi connectivity index (χ0n) is 28.2. The summed E-state index contributed by atoms with van der Waals surface area (Å²) in [5.74, 6) is 1.75. The van der Waals surface area contributed by atoms with Crippen molar-refractivity contribution in [3.8, 4) is 28.5 Å². The fourth-order valence-electron chi connectivity index (χ4n) is 7.43. The molecule has 0 saturated heterocycles. The van der Waals surface area contributed by atoms with Crippen molar-refractivity contribution in [1.29, 1.82) is 0 Å². The van der Waals surface area contributed by atoms with Crippen LogP contribution in [0.2, 0.25) is 0 Å². The molecule has 0 amide bonds. The highest BCUT2D eigenvalue weighted by molar-refractivity contribution is 7.27. The van der Waals surface area contributed by atoms with Crippen molar-refractivity contribution in [2.75, 3.05) is 0 Å². The van der Waals surface area contributed by atoms with Crippen molar-refractivity contribution in [3.05, 3.63) is 164 Å². The van der Waals surface area contributed by atoms with Crippen LogP contribution in [0.5, 0.6) is 0 Å². The lowest BCUT2D eigenvalue weighted by Gasteiger charge is -2.11. The van der Waals surface area contributed by atoms with Crippen LogP contribution in [0.1, 0.15) is 12.7 Å². The second-order valence-corrected chi connectivity index (χ2v) is 14.9. The summed E-state index contributed by atoms with van der Waals surface area (Å²) in [6.07, 6.45) is 7.77. The van der Waals surface area contributed by atoms with Crippen LogP contribution in [0.3, 0.4) is 0 Å². The molecule has 0 N–H and O–H groups in total. The Bertz CT molecular complexity index is 3100. The Kier molecular flexibility index (Phi) is 7.20. The standard InChI is InChI=1S/C46H30N4S2/c1-3-5-15-28(4-2)44-47-45(29-16-7-6-8-17-29)49-46(48-44)50-37-23-11-9-18-30(37)35-27-41-36(26-38(35)50)42-32(20-14-25-40(42)51-41)34-22-13-21-33-31-19-10-12-24-39(31)52-43(33)34/h3-27H,2H2,1H3/b5-3-,28-15+. The van der Waals surface area contributed by atoms with Gasteiger partial charge in [0.05, 0.1) is 11.0 Å². The van der Waals surface area contributed by atoms with E-state index in [1.165, 1.54) is 56.9 Å². The van der Waals surface area contributed by atoms with E-state index >= 15 is 0 Å². The van der Waals surface area contributed by atoms with Gasteiger partial charge in [0.1, 0.15) is 0 Å². The van der Waals surface area contributed by atoms with Gasteiger partial charge in [0.15, 0.2) is 11.6 Å². The van der Waals surface area contributed by atoms with Crippen molar-refractivity contribution in [3.63, 3.8) is 0 Å². The van der Waals surface area contributed by atoms with E-state index in [4.69, 9.17) is 15.0 Å². The monoisotopic (exact) mass is 702 g/mol. The number of hydrogen-bond acceptors (Lipinski definition) is 5. The SMILES string of the molecule is C=C/C(=C\C=C/C)c1nc(-c2ccccc2)nc(-n2c3ccccc3c3cc4sc5cccc(-c6cccc7c6sc6ccccc67)c5c4cc32)n1. The lowest BCUT2D eigenvalue weighted by molar-refractivity contribution is 0.933. The van der Waals surface area contributed by atoms with E-state index in [0.717, 1.165) is 27.6 Å². The molecule has 10 rings (SSSR count). The molecule has 0 aliphatic carbocycles. The molecule has 10 aromatic rings. The fraction of sp³-hybridized carbons (Fsp3) is 0.0217. The van der Waals surface area contributed by atoms with Gasteiger partial charge in [0, 0.05) is 67.8 Å². The van der Waals surface area contributed by atoms with E-state index in [1.54, 1.807) is 6.08 Å². The van der Waals surface area contributed by atoms with Crippen LogP contribution in [-0.4, -0.2) is 19.5 Å². The molecular formula is C46H30N4S2. The van der Waals surface area contributed by atoms with Crippen molar-refractivity contribution in [2.45, 2.75) is 6.92 Å². The highest BCUT2D eigenvalue weighted by Crippen LogP contribution is 2.47. The smallest absolute Gasteiger partial charge is 0.238 e. The Hall–Kier alpha value is -6.21. The summed E-state index contributed by atoms with van der Waals surface area (Å²) in [7, 11) is 0. The second-order valence-electron chi connectivity index (χ2n) is 12.8. The molecule has 0 spiro atoms. The third kappa shape index (κ3) is 4.76. The third-order valence-corrected chi connectivity index (χ3v) is 12.1. The molecule has 6 aromatic carbocycles. The summed E-state index contributed by atoms with van der Waals surface area (Å²) in [5.41, 5.74) is 6.37. The summed E-state index contributed by atoms with van der Waals surface area (Å²) in [6, 6.07) is 45.6. The molecule has 52 heavy (non-hydrogen) atoms. The first-order valence-corrected chi connectivity index (χ1v) is 18.9. The van der Waals surface area contributed by atoms with Crippen LogP contribution in [0, 0.1) is 0 Å². The van der Waals surface area contributed by atoms with Crippen molar-refractivity contribution < 1.29 is 0 Å². The molecule has 0 bridgehead atoms. The van der Waals surface area contributed by atoms with Gasteiger partial charge in [0.2, 0.25) is 5.95 Å². The van der Waals surface area contributed by atoms with Gasteiger partial charge in [0.25, 0.3) is 0 Å². The van der Waals surface area contributed by atoms with Gasteiger partial charge in [-0.3, -0.25) is 4.57 Å². The van der Waals surface area contributed by atoms with Crippen molar-refractivity contribution in [2.24, 2.45) is 0 Å². The van der Waals surface area contributed by atoms with Gasteiger partial charge >= 0.3 is 0 Å². The van der Waals surface area contributed by atoms with Gasteiger partial charge < -0.3 is 0 Å². The molecule has 0 atom stereocenters. The largest absolute Gasteiger partial charge is 0.278 e. The molecular weight excluding hydrogens is 673 g/mol. The molecule has 4 aromatic heterocycles. The Labute approximate surface area is 308 Å². The summed E-state index contributed by atoms with van der Waals surface area (Å²) in [4.78, 5) is 15.3. The molecule has 0 aliphatic rings.